The van der Waals surface area contributed by atoms with Crippen LogP contribution >= 0.6 is 52.1 Å². The van der Waals surface area contributed by atoms with E-state index < -0.39 is 0 Å². The largest absolute Gasteiger partial charge is 0.341 e. The highest BCUT2D eigenvalue weighted by atomic mass is 79.9. The zero-order valence-corrected chi connectivity index (χ0v) is 15.9. The molecule has 1 aliphatic heterocycles. The predicted molar refractivity (Wildman–Crippen MR) is 99.3 cm³/mol. The molecule has 0 spiro atoms. The summed E-state index contributed by atoms with van der Waals surface area (Å²) < 4.78 is 2.20. The summed E-state index contributed by atoms with van der Waals surface area (Å²) in [6, 6.07) is 6.23. The highest BCUT2D eigenvalue weighted by Gasteiger charge is 2.23. The number of halogens is 3. The summed E-state index contributed by atoms with van der Waals surface area (Å²) >= 11 is 5.11. The zero-order valence-electron chi connectivity index (χ0n) is 11.8. The number of thiazole rings is 1. The molecule has 1 amide bonds. The molecule has 2 heterocycles. The molecule has 0 unspecified atom stereocenters. The Bertz CT molecular complexity index is 652. The number of benzene rings is 1. The lowest BCUT2D eigenvalue weighted by molar-refractivity contribution is -0.130. The highest BCUT2D eigenvalue weighted by Crippen LogP contribution is 2.26. The number of aromatic nitrogens is 1. The van der Waals surface area contributed by atoms with Crippen molar-refractivity contribution in [3.8, 4) is 0 Å². The van der Waals surface area contributed by atoms with Crippen LogP contribution in [0.1, 0.15) is 17.8 Å². The summed E-state index contributed by atoms with van der Waals surface area (Å²) in [7, 11) is 0. The van der Waals surface area contributed by atoms with Gasteiger partial charge in [-0.1, -0.05) is 15.9 Å². The number of rotatable bonds is 3. The van der Waals surface area contributed by atoms with Gasteiger partial charge in [0.15, 0.2) is 0 Å². The molecule has 1 fully saturated rings. The third-order valence-electron chi connectivity index (χ3n) is 3.52. The van der Waals surface area contributed by atoms with Crippen LogP contribution in [0.15, 0.2) is 22.7 Å². The van der Waals surface area contributed by atoms with Gasteiger partial charge in [0, 0.05) is 36.4 Å². The van der Waals surface area contributed by atoms with Crippen molar-refractivity contribution in [3.63, 3.8) is 0 Å². The molecule has 0 aliphatic carbocycles. The van der Waals surface area contributed by atoms with Crippen molar-refractivity contribution in [2.75, 3.05) is 13.1 Å². The third kappa shape index (κ3) is 4.55. The monoisotopic (exact) mass is 425 g/mol. The summed E-state index contributed by atoms with van der Waals surface area (Å²) in [5, 5.41) is 1.02. The molecular weight excluding hydrogens is 409 g/mol. The molecule has 2 N–H and O–H groups in total. The van der Waals surface area contributed by atoms with Gasteiger partial charge in [-0.15, -0.1) is 36.2 Å². The number of carbonyl (C=O) groups is 1. The number of nitrogens with two attached hydrogens (primary N) is 1. The Hall–Kier alpha value is -0.400. The molecular formula is C14H18BrCl2N3OS. The molecule has 3 rings (SSSR count). The van der Waals surface area contributed by atoms with Gasteiger partial charge in [0.1, 0.15) is 0 Å². The Morgan fingerprint density at radius 3 is 2.91 bits per heavy atom. The summed E-state index contributed by atoms with van der Waals surface area (Å²) in [6.07, 6.45) is 2.15. The average molecular weight is 427 g/mol. The van der Waals surface area contributed by atoms with E-state index in [1.54, 1.807) is 11.3 Å². The number of nitrogens with zero attached hydrogens (tertiary/aromatic N) is 2. The quantitative estimate of drug-likeness (QED) is 0.817. The van der Waals surface area contributed by atoms with Crippen molar-refractivity contribution < 1.29 is 4.79 Å². The van der Waals surface area contributed by atoms with Gasteiger partial charge >= 0.3 is 0 Å². The second kappa shape index (κ2) is 8.45. The van der Waals surface area contributed by atoms with Crippen LogP contribution in [0.4, 0.5) is 0 Å². The van der Waals surface area contributed by atoms with Gasteiger partial charge in [-0.3, -0.25) is 4.79 Å². The average Bonchev–Trinajstić information content (AvgIpc) is 3.01. The van der Waals surface area contributed by atoms with E-state index in [4.69, 9.17) is 5.73 Å². The van der Waals surface area contributed by atoms with Crippen molar-refractivity contribution in [1.82, 2.24) is 9.88 Å². The van der Waals surface area contributed by atoms with Crippen LogP contribution < -0.4 is 5.73 Å². The standard InChI is InChI=1S/C14H16BrN3OS.2ClH/c15-9-1-2-12-11(7-9)17-13(20-12)3-4-14(19)18-6-5-10(16)8-18;;/h1-2,7,10H,3-6,8,16H2;2*1H/t10-;;/m1../s1. The number of likely N-dealkylation sites (tertiary alicyclic amines) is 1. The molecule has 0 radical (unpaired) electrons. The lowest BCUT2D eigenvalue weighted by Gasteiger charge is -2.14. The normalized spacial score (nSPS) is 17.2. The minimum Gasteiger partial charge on any atom is -0.341 e. The maximum absolute atomic E-state index is 12.1. The molecule has 1 aromatic heterocycles. The molecule has 8 heteroatoms. The third-order valence-corrected chi connectivity index (χ3v) is 5.11. The van der Waals surface area contributed by atoms with E-state index in [0.29, 0.717) is 19.4 Å². The van der Waals surface area contributed by atoms with E-state index in [1.165, 1.54) is 4.70 Å². The van der Waals surface area contributed by atoms with Gasteiger partial charge in [0.25, 0.3) is 0 Å². The van der Waals surface area contributed by atoms with Crippen molar-refractivity contribution in [1.29, 1.82) is 0 Å². The Balaban J connectivity index is 0.00000121. The highest BCUT2D eigenvalue weighted by molar-refractivity contribution is 9.10. The maximum atomic E-state index is 12.1. The van der Waals surface area contributed by atoms with E-state index in [2.05, 4.69) is 27.0 Å². The van der Waals surface area contributed by atoms with Crippen LogP contribution in [-0.2, 0) is 11.2 Å². The Kier molecular flexibility index (Phi) is 7.55. The molecule has 1 aliphatic rings. The lowest BCUT2D eigenvalue weighted by Crippen LogP contribution is -2.31. The number of fused-ring (bicyclic) bond motifs is 1. The van der Waals surface area contributed by atoms with Gasteiger partial charge in [-0.05, 0) is 24.6 Å². The molecule has 2 aromatic rings. The van der Waals surface area contributed by atoms with E-state index in [-0.39, 0.29) is 36.8 Å². The number of hydrogen-bond acceptors (Lipinski definition) is 4. The topological polar surface area (TPSA) is 59.2 Å². The van der Waals surface area contributed by atoms with Crippen molar-refractivity contribution in [2.24, 2.45) is 5.73 Å². The molecule has 1 atom stereocenters. The van der Waals surface area contributed by atoms with Crippen LogP contribution in [0.2, 0.25) is 0 Å². The number of carbonyl (C=O) groups excluding carboxylic acids is 1. The molecule has 1 saturated heterocycles. The molecule has 122 valence electrons. The second-order valence-corrected chi connectivity index (χ2v) is 7.14. The van der Waals surface area contributed by atoms with E-state index in [0.717, 1.165) is 28.0 Å². The fraction of sp³-hybridized carbons (Fsp3) is 0.429. The molecule has 22 heavy (non-hydrogen) atoms. The fourth-order valence-electron chi connectivity index (χ4n) is 2.44. The number of amides is 1. The van der Waals surface area contributed by atoms with Crippen molar-refractivity contribution >= 4 is 68.2 Å². The van der Waals surface area contributed by atoms with Crippen LogP contribution in [0.3, 0.4) is 0 Å². The van der Waals surface area contributed by atoms with Crippen LogP contribution in [0, 0.1) is 0 Å². The Morgan fingerprint density at radius 1 is 1.45 bits per heavy atom. The van der Waals surface area contributed by atoms with Gasteiger partial charge in [-0.2, -0.15) is 0 Å². The molecule has 0 saturated carbocycles. The van der Waals surface area contributed by atoms with E-state index in [9.17, 15) is 4.79 Å². The van der Waals surface area contributed by atoms with Gasteiger partial charge in [-0.25, -0.2) is 4.98 Å². The smallest absolute Gasteiger partial charge is 0.223 e. The summed E-state index contributed by atoms with van der Waals surface area (Å²) in [5.41, 5.74) is 6.82. The van der Waals surface area contributed by atoms with Crippen LogP contribution in [0.5, 0.6) is 0 Å². The van der Waals surface area contributed by atoms with Crippen LogP contribution in [0.25, 0.3) is 10.2 Å². The van der Waals surface area contributed by atoms with Gasteiger partial charge in [0.05, 0.1) is 15.2 Å². The van der Waals surface area contributed by atoms with E-state index in [1.807, 2.05) is 17.0 Å². The first-order valence-corrected chi connectivity index (χ1v) is 8.31. The first-order valence-electron chi connectivity index (χ1n) is 6.70. The molecule has 1 aromatic carbocycles. The van der Waals surface area contributed by atoms with Crippen molar-refractivity contribution in [2.45, 2.75) is 25.3 Å². The Labute approximate surface area is 154 Å². The van der Waals surface area contributed by atoms with Gasteiger partial charge in [0.2, 0.25) is 5.91 Å². The zero-order chi connectivity index (χ0) is 14.1. The van der Waals surface area contributed by atoms with Gasteiger partial charge < -0.3 is 10.6 Å². The molecule has 4 nitrogen and oxygen atoms in total. The SMILES string of the molecule is Cl.Cl.N[C@@H]1CCN(C(=O)CCc2nc3cc(Br)ccc3s2)C1. The van der Waals surface area contributed by atoms with Crippen LogP contribution in [-0.4, -0.2) is 34.9 Å². The minimum atomic E-state index is 0. The lowest BCUT2D eigenvalue weighted by atomic mass is 10.3. The predicted octanol–water partition coefficient (Wildman–Crippen LogP) is 3.39. The van der Waals surface area contributed by atoms with E-state index >= 15 is 0 Å². The second-order valence-electron chi connectivity index (χ2n) is 5.11. The Morgan fingerprint density at radius 2 is 2.23 bits per heavy atom. The number of aryl methyl sites for hydroxylation is 1. The minimum absolute atomic E-state index is 0. The molecule has 0 bridgehead atoms. The fourth-order valence-corrected chi connectivity index (χ4v) is 3.74. The summed E-state index contributed by atoms with van der Waals surface area (Å²) in [5.74, 6) is 0.193. The summed E-state index contributed by atoms with van der Waals surface area (Å²) in [4.78, 5) is 18.5. The first kappa shape index (κ1) is 19.6. The summed E-state index contributed by atoms with van der Waals surface area (Å²) in [6.45, 7) is 1.50. The number of hydrogen-bond donors (Lipinski definition) is 1. The maximum Gasteiger partial charge on any atom is 0.223 e. The first-order chi connectivity index (χ1) is 9.61. The van der Waals surface area contributed by atoms with Crippen molar-refractivity contribution in [3.05, 3.63) is 27.7 Å².